The van der Waals surface area contributed by atoms with Crippen molar-refractivity contribution in [1.29, 1.82) is 5.26 Å². The Balaban J connectivity index is 2.15. The number of hydrogen-bond acceptors (Lipinski definition) is 6. The van der Waals surface area contributed by atoms with Gasteiger partial charge in [-0.15, -0.1) is 0 Å². The Bertz CT molecular complexity index is 743. The molecule has 0 unspecified atom stereocenters. The van der Waals surface area contributed by atoms with Gasteiger partial charge in [-0.25, -0.2) is 13.8 Å². The van der Waals surface area contributed by atoms with Crippen molar-refractivity contribution in [2.75, 3.05) is 4.90 Å². The van der Waals surface area contributed by atoms with Gasteiger partial charge in [0.05, 0.1) is 11.3 Å². The number of anilines is 1. The van der Waals surface area contributed by atoms with E-state index < -0.39 is 17.3 Å². The van der Waals surface area contributed by atoms with Gasteiger partial charge in [0, 0.05) is 6.07 Å². The van der Waals surface area contributed by atoms with Crippen LogP contribution in [-0.2, 0) is 0 Å². The molecule has 4 N–H and O–H groups in total. The Hall–Kier alpha value is -2.69. The van der Waals surface area contributed by atoms with Crippen molar-refractivity contribution < 1.29 is 8.78 Å². The second-order valence-corrected chi connectivity index (χ2v) is 5.71. The van der Waals surface area contributed by atoms with Gasteiger partial charge >= 0.3 is 0 Å². The minimum Gasteiger partial charge on any atom is -0.369 e. The lowest BCUT2D eigenvalue weighted by molar-refractivity contribution is 0.303. The van der Waals surface area contributed by atoms with Gasteiger partial charge in [0.2, 0.25) is 11.9 Å². The maximum Gasteiger partial charge on any atom is 0.220 e. The smallest absolute Gasteiger partial charge is 0.220 e. The van der Waals surface area contributed by atoms with E-state index in [1.54, 1.807) is 6.07 Å². The number of rotatable bonds is 1. The molecule has 1 saturated carbocycles. The summed E-state index contributed by atoms with van der Waals surface area (Å²) >= 11 is 0. The first-order chi connectivity index (χ1) is 11.0. The highest BCUT2D eigenvalue weighted by atomic mass is 19.1. The van der Waals surface area contributed by atoms with Gasteiger partial charge in [0.1, 0.15) is 23.4 Å². The summed E-state index contributed by atoms with van der Waals surface area (Å²) < 4.78 is 28.4. The summed E-state index contributed by atoms with van der Waals surface area (Å²) in [5.41, 5.74) is 10.4. The predicted molar refractivity (Wildman–Crippen MR) is 82.6 cm³/mol. The van der Waals surface area contributed by atoms with E-state index in [2.05, 4.69) is 9.98 Å². The van der Waals surface area contributed by atoms with Crippen molar-refractivity contribution in [3.63, 3.8) is 0 Å². The van der Waals surface area contributed by atoms with Crippen molar-refractivity contribution in [3.05, 3.63) is 29.3 Å². The normalized spacial score (nSPS) is 20.0. The van der Waals surface area contributed by atoms with Gasteiger partial charge in [0.15, 0.2) is 0 Å². The molecule has 120 valence electrons. The molecule has 1 aromatic carbocycles. The van der Waals surface area contributed by atoms with Crippen molar-refractivity contribution >= 4 is 17.6 Å². The zero-order valence-corrected chi connectivity index (χ0v) is 12.4. The highest BCUT2D eigenvalue weighted by Crippen LogP contribution is 2.40. The zero-order valence-electron chi connectivity index (χ0n) is 12.4. The molecular formula is C15H16F2N6. The van der Waals surface area contributed by atoms with Crippen LogP contribution in [0.5, 0.6) is 0 Å². The maximum absolute atomic E-state index is 14.5. The van der Waals surface area contributed by atoms with Crippen LogP contribution in [0.2, 0.25) is 0 Å². The Morgan fingerprint density at radius 3 is 2.48 bits per heavy atom. The van der Waals surface area contributed by atoms with Gasteiger partial charge < -0.3 is 11.5 Å². The molecular weight excluding hydrogens is 302 g/mol. The molecule has 0 bridgehead atoms. The molecule has 23 heavy (non-hydrogen) atoms. The molecule has 3 rings (SSSR count). The van der Waals surface area contributed by atoms with E-state index in [-0.39, 0.29) is 23.2 Å². The van der Waals surface area contributed by atoms with Crippen molar-refractivity contribution in [2.45, 2.75) is 37.8 Å². The molecule has 8 heteroatoms. The molecule has 0 saturated heterocycles. The lowest BCUT2D eigenvalue weighted by atomic mass is 9.87. The van der Waals surface area contributed by atoms with E-state index in [9.17, 15) is 8.78 Å². The second kappa shape index (κ2) is 5.50. The molecule has 0 atom stereocenters. The number of nitriles is 1. The average Bonchev–Trinajstić information content (AvgIpc) is 2.50. The summed E-state index contributed by atoms with van der Waals surface area (Å²) in [5.74, 6) is -1.55. The van der Waals surface area contributed by atoms with Crippen LogP contribution in [0.15, 0.2) is 22.1 Å². The third-order valence-electron chi connectivity index (χ3n) is 4.25. The van der Waals surface area contributed by atoms with Crippen LogP contribution in [0.3, 0.4) is 0 Å². The van der Waals surface area contributed by atoms with Crippen LogP contribution in [0, 0.1) is 23.0 Å². The third-order valence-corrected chi connectivity index (χ3v) is 4.25. The fourth-order valence-electron chi connectivity index (χ4n) is 3.26. The molecule has 1 aromatic rings. The van der Waals surface area contributed by atoms with Gasteiger partial charge in [-0.3, -0.25) is 4.90 Å². The number of benzene rings is 1. The minimum atomic E-state index is -0.852. The Kier molecular flexibility index (Phi) is 3.64. The summed E-state index contributed by atoms with van der Waals surface area (Å²) in [4.78, 5) is 9.70. The molecule has 0 amide bonds. The van der Waals surface area contributed by atoms with E-state index in [1.807, 2.05) is 0 Å². The predicted octanol–water partition coefficient (Wildman–Crippen LogP) is 1.95. The molecule has 1 heterocycles. The summed E-state index contributed by atoms with van der Waals surface area (Å²) in [7, 11) is 0. The number of nitrogens with two attached hydrogens (primary N) is 2. The SMILES string of the molecule is N#Cc1cc(F)c(N2C(N)=NC(N)=NC23CCCCC3)cc1F. The largest absolute Gasteiger partial charge is 0.369 e. The fraction of sp³-hybridized carbons (Fsp3) is 0.400. The number of nitrogens with zero attached hydrogens (tertiary/aromatic N) is 4. The minimum absolute atomic E-state index is 0.0255. The first-order valence-corrected chi connectivity index (χ1v) is 7.36. The van der Waals surface area contributed by atoms with Gasteiger partial charge in [-0.1, -0.05) is 6.42 Å². The summed E-state index contributed by atoms with van der Waals surface area (Å²) in [5, 5.41) is 8.82. The van der Waals surface area contributed by atoms with E-state index in [0.717, 1.165) is 31.4 Å². The third kappa shape index (κ3) is 2.48. The highest BCUT2D eigenvalue weighted by Gasteiger charge is 2.43. The number of hydrogen-bond donors (Lipinski definition) is 2. The Morgan fingerprint density at radius 1 is 1.13 bits per heavy atom. The van der Waals surface area contributed by atoms with Gasteiger partial charge in [0.25, 0.3) is 0 Å². The van der Waals surface area contributed by atoms with Crippen LogP contribution in [-0.4, -0.2) is 17.6 Å². The molecule has 0 radical (unpaired) electrons. The van der Waals surface area contributed by atoms with Crippen molar-refractivity contribution in [3.8, 4) is 6.07 Å². The monoisotopic (exact) mass is 318 g/mol. The van der Waals surface area contributed by atoms with Crippen LogP contribution in [0.4, 0.5) is 14.5 Å². The fourth-order valence-corrected chi connectivity index (χ4v) is 3.26. The second-order valence-electron chi connectivity index (χ2n) is 5.71. The molecule has 0 aromatic heterocycles. The van der Waals surface area contributed by atoms with Crippen LogP contribution < -0.4 is 16.4 Å². The zero-order chi connectivity index (χ0) is 16.6. The molecule has 2 aliphatic rings. The van der Waals surface area contributed by atoms with Crippen molar-refractivity contribution in [2.24, 2.45) is 21.5 Å². The highest BCUT2D eigenvalue weighted by molar-refractivity contribution is 6.05. The lowest BCUT2D eigenvalue weighted by Crippen LogP contribution is -2.58. The summed E-state index contributed by atoms with van der Waals surface area (Å²) in [6.07, 6.45) is 4.02. The molecule has 1 aliphatic carbocycles. The quantitative estimate of drug-likeness (QED) is 0.825. The van der Waals surface area contributed by atoms with E-state index in [1.165, 1.54) is 4.90 Å². The summed E-state index contributed by atoms with van der Waals surface area (Å²) in [6.45, 7) is 0. The molecule has 6 nitrogen and oxygen atoms in total. The first kappa shape index (κ1) is 15.2. The maximum atomic E-state index is 14.5. The average molecular weight is 318 g/mol. The van der Waals surface area contributed by atoms with Gasteiger partial charge in [-0.05, 0) is 31.7 Å². The van der Waals surface area contributed by atoms with Crippen molar-refractivity contribution in [1.82, 2.24) is 0 Å². The molecule has 1 fully saturated rings. The van der Waals surface area contributed by atoms with Crippen LogP contribution in [0.25, 0.3) is 0 Å². The molecule has 1 spiro atoms. The lowest BCUT2D eigenvalue weighted by Gasteiger charge is -2.45. The summed E-state index contributed by atoms with van der Waals surface area (Å²) in [6, 6.07) is 3.43. The molecule has 1 aliphatic heterocycles. The number of guanidine groups is 2. The van der Waals surface area contributed by atoms with Crippen LogP contribution in [0.1, 0.15) is 37.7 Å². The van der Waals surface area contributed by atoms with E-state index >= 15 is 0 Å². The first-order valence-electron chi connectivity index (χ1n) is 7.36. The van der Waals surface area contributed by atoms with E-state index in [0.29, 0.717) is 12.8 Å². The Labute approximate surface area is 132 Å². The number of aliphatic imine (C=N–C) groups is 2. The topological polar surface area (TPSA) is 104 Å². The van der Waals surface area contributed by atoms with Gasteiger partial charge in [-0.2, -0.15) is 10.3 Å². The Morgan fingerprint density at radius 2 is 1.83 bits per heavy atom. The number of halogens is 2. The standard InChI is InChI=1S/C15H16F2N6/c16-10-7-12(11(17)6-9(10)8-18)23-14(20)21-13(19)22-15(23)4-2-1-3-5-15/h6-7H,1-5H2,(H4,19,20,21,22). The van der Waals surface area contributed by atoms with Crippen LogP contribution >= 0.6 is 0 Å². The van der Waals surface area contributed by atoms with E-state index in [4.69, 9.17) is 16.7 Å².